The highest BCUT2D eigenvalue weighted by Crippen LogP contribution is 2.17. The molecular weight excluding hydrogens is 267 g/mol. The molecule has 0 aromatic heterocycles. The maximum absolute atomic E-state index is 11.3. The number of aliphatic carboxylic acids is 1. The number of ether oxygens (including phenoxy) is 1. The standard InChI is InChI=1S/C11H16Cl2O4/c1-3-4-5-7(2)6-17-11(16)9(13)8(12)10(14)15/h7H,3-6H2,1-2H3,(H,14,15)/b9-8-. The van der Waals surface area contributed by atoms with E-state index in [4.69, 9.17) is 33.0 Å². The van der Waals surface area contributed by atoms with Crippen LogP contribution in [0.15, 0.2) is 10.1 Å². The highest BCUT2D eigenvalue weighted by Gasteiger charge is 2.19. The number of esters is 1. The summed E-state index contributed by atoms with van der Waals surface area (Å²) in [7, 11) is 0. The fourth-order valence-corrected chi connectivity index (χ4v) is 1.31. The number of carboxylic acid groups (broad SMARTS) is 1. The van der Waals surface area contributed by atoms with Gasteiger partial charge in [0, 0.05) is 0 Å². The van der Waals surface area contributed by atoms with Crippen molar-refractivity contribution in [2.45, 2.75) is 33.1 Å². The lowest BCUT2D eigenvalue weighted by Gasteiger charge is -2.11. The molecule has 17 heavy (non-hydrogen) atoms. The van der Waals surface area contributed by atoms with Gasteiger partial charge in [0.2, 0.25) is 0 Å². The summed E-state index contributed by atoms with van der Waals surface area (Å²) in [6.45, 7) is 4.23. The van der Waals surface area contributed by atoms with E-state index < -0.39 is 22.0 Å². The number of hydrogen-bond donors (Lipinski definition) is 1. The van der Waals surface area contributed by atoms with Crippen LogP contribution in [0.2, 0.25) is 0 Å². The summed E-state index contributed by atoms with van der Waals surface area (Å²) < 4.78 is 4.86. The summed E-state index contributed by atoms with van der Waals surface area (Å²) in [6.07, 6.45) is 3.07. The minimum atomic E-state index is -1.45. The average molecular weight is 283 g/mol. The second kappa shape index (κ2) is 8.37. The third-order valence-electron chi connectivity index (χ3n) is 2.11. The molecule has 0 spiro atoms. The Morgan fingerprint density at radius 1 is 1.29 bits per heavy atom. The number of halogens is 2. The van der Waals surface area contributed by atoms with Crippen molar-refractivity contribution in [3.63, 3.8) is 0 Å². The summed E-state index contributed by atoms with van der Waals surface area (Å²) in [5, 5.41) is 7.19. The second-order valence-electron chi connectivity index (χ2n) is 3.78. The van der Waals surface area contributed by atoms with E-state index in [-0.39, 0.29) is 12.5 Å². The molecule has 98 valence electrons. The molecule has 0 heterocycles. The number of rotatable bonds is 7. The van der Waals surface area contributed by atoms with Crippen LogP contribution >= 0.6 is 23.2 Å². The zero-order valence-electron chi connectivity index (χ0n) is 9.83. The quantitative estimate of drug-likeness (QED) is 0.576. The Balaban J connectivity index is 4.19. The van der Waals surface area contributed by atoms with Crippen LogP contribution in [0, 0.1) is 5.92 Å². The van der Waals surface area contributed by atoms with Gasteiger partial charge in [-0.15, -0.1) is 0 Å². The van der Waals surface area contributed by atoms with E-state index in [1.54, 1.807) is 0 Å². The fourth-order valence-electron chi connectivity index (χ4n) is 1.10. The number of carbonyl (C=O) groups is 2. The van der Waals surface area contributed by atoms with Crippen LogP contribution in [-0.2, 0) is 14.3 Å². The third-order valence-corrected chi connectivity index (χ3v) is 2.90. The van der Waals surface area contributed by atoms with Gasteiger partial charge in [0.15, 0.2) is 10.1 Å². The van der Waals surface area contributed by atoms with Gasteiger partial charge in [-0.25, -0.2) is 9.59 Å². The number of unbranched alkanes of at least 4 members (excludes halogenated alkanes) is 1. The summed E-state index contributed by atoms with van der Waals surface area (Å²) in [5.74, 6) is -2.14. The van der Waals surface area contributed by atoms with E-state index in [1.807, 2.05) is 6.92 Å². The largest absolute Gasteiger partial charge is 0.477 e. The van der Waals surface area contributed by atoms with Crippen LogP contribution in [0.5, 0.6) is 0 Å². The molecule has 0 fully saturated rings. The summed E-state index contributed by atoms with van der Waals surface area (Å²) in [5.41, 5.74) is 0. The number of carbonyl (C=O) groups excluding carboxylic acids is 1. The minimum absolute atomic E-state index is 0.207. The Kier molecular flexibility index (Phi) is 8.00. The van der Waals surface area contributed by atoms with Crippen molar-refractivity contribution >= 4 is 35.1 Å². The Morgan fingerprint density at radius 2 is 1.88 bits per heavy atom. The van der Waals surface area contributed by atoms with Crippen LogP contribution in [0.1, 0.15) is 33.1 Å². The Hall–Kier alpha value is -0.740. The van der Waals surface area contributed by atoms with Gasteiger partial charge in [-0.1, -0.05) is 49.9 Å². The zero-order valence-corrected chi connectivity index (χ0v) is 11.3. The van der Waals surface area contributed by atoms with Gasteiger partial charge in [0.1, 0.15) is 0 Å². The minimum Gasteiger partial charge on any atom is -0.477 e. The highest BCUT2D eigenvalue weighted by atomic mass is 35.5. The molecule has 0 amide bonds. The first-order valence-corrected chi connectivity index (χ1v) is 6.11. The smallest absolute Gasteiger partial charge is 0.351 e. The van der Waals surface area contributed by atoms with Gasteiger partial charge in [0.25, 0.3) is 0 Å². The van der Waals surface area contributed by atoms with Crippen molar-refractivity contribution in [2.75, 3.05) is 6.61 Å². The van der Waals surface area contributed by atoms with Crippen molar-refractivity contribution in [3.8, 4) is 0 Å². The molecular formula is C11H16Cl2O4. The molecule has 0 aromatic carbocycles. The van der Waals surface area contributed by atoms with Crippen molar-refractivity contribution in [3.05, 3.63) is 10.1 Å². The lowest BCUT2D eigenvalue weighted by Crippen LogP contribution is -2.14. The maximum atomic E-state index is 11.3. The second-order valence-corrected chi connectivity index (χ2v) is 4.53. The number of hydrogen-bond acceptors (Lipinski definition) is 3. The third kappa shape index (κ3) is 6.54. The first-order valence-electron chi connectivity index (χ1n) is 5.35. The first-order chi connectivity index (χ1) is 7.90. The van der Waals surface area contributed by atoms with E-state index in [9.17, 15) is 9.59 Å². The lowest BCUT2D eigenvalue weighted by molar-refractivity contribution is -0.140. The first kappa shape index (κ1) is 16.3. The van der Waals surface area contributed by atoms with Crippen LogP contribution in [0.4, 0.5) is 0 Å². The highest BCUT2D eigenvalue weighted by molar-refractivity contribution is 6.52. The SMILES string of the molecule is CCCCC(C)COC(=O)/C(Cl)=C(/Cl)C(=O)O. The number of carboxylic acids is 1. The van der Waals surface area contributed by atoms with Gasteiger partial charge in [0.05, 0.1) is 6.61 Å². The monoisotopic (exact) mass is 282 g/mol. The fraction of sp³-hybridized carbons (Fsp3) is 0.636. The molecule has 0 aliphatic carbocycles. The summed E-state index contributed by atoms with van der Waals surface area (Å²) in [6, 6.07) is 0. The molecule has 1 unspecified atom stereocenters. The van der Waals surface area contributed by atoms with Crippen molar-refractivity contribution in [1.29, 1.82) is 0 Å². The predicted molar refractivity (Wildman–Crippen MR) is 66.0 cm³/mol. The molecule has 0 saturated heterocycles. The molecule has 0 rings (SSSR count). The van der Waals surface area contributed by atoms with E-state index in [2.05, 4.69) is 6.92 Å². The molecule has 0 radical (unpaired) electrons. The molecule has 0 saturated carbocycles. The molecule has 1 atom stereocenters. The Bertz CT molecular complexity index is 313. The van der Waals surface area contributed by atoms with Gasteiger partial charge in [-0.2, -0.15) is 0 Å². The summed E-state index contributed by atoms with van der Waals surface area (Å²) >= 11 is 10.8. The van der Waals surface area contributed by atoms with Crippen molar-refractivity contribution in [1.82, 2.24) is 0 Å². The van der Waals surface area contributed by atoms with E-state index >= 15 is 0 Å². The van der Waals surface area contributed by atoms with Crippen LogP contribution in [0.25, 0.3) is 0 Å². The zero-order chi connectivity index (χ0) is 13.4. The lowest BCUT2D eigenvalue weighted by atomic mass is 10.1. The normalized spacial score (nSPS) is 13.9. The van der Waals surface area contributed by atoms with Crippen LogP contribution in [0.3, 0.4) is 0 Å². The average Bonchev–Trinajstić information content (AvgIpc) is 2.31. The van der Waals surface area contributed by atoms with Gasteiger partial charge < -0.3 is 9.84 Å². The molecule has 1 N–H and O–H groups in total. The summed E-state index contributed by atoms with van der Waals surface area (Å²) in [4.78, 5) is 21.7. The molecule has 0 aromatic rings. The van der Waals surface area contributed by atoms with Gasteiger partial charge in [-0.3, -0.25) is 0 Å². The topological polar surface area (TPSA) is 63.6 Å². The van der Waals surface area contributed by atoms with Crippen molar-refractivity contribution < 1.29 is 19.4 Å². The van der Waals surface area contributed by atoms with E-state index in [1.165, 1.54) is 0 Å². The van der Waals surface area contributed by atoms with Crippen LogP contribution < -0.4 is 0 Å². The van der Waals surface area contributed by atoms with Crippen LogP contribution in [-0.4, -0.2) is 23.7 Å². The Labute approximate surface area is 111 Å². The molecule has 0 bridgehead atoms. The molecule has 0 aliphatic heterocycles. The Morgan fingerprint density at radius 3 is 2.35 bits per heavy atom. The molecule has 6 heteroatoms. The van der Waals surface area contributed by atoms with E-state index in [0.717, 1.165) is 19.3 Å². The van der Waals surface area contributed by atoms with Crippen molar-refractivity contribution in [2.24, 2.45) is 5.92 Å². The van der Waals surface area contributed by atoms with Gasteiger partial charge in [-0.05, 0) is 12.3 Å². The molecule has 0 aliphatic rings. The van der Waals surface area contributed by atoms with Gasteiger partial charge >= 0.3 is 11.9 Å². The predicted octanol–water partition coefficient (Wildman–Crippen LogP) is 3.13. The molecule has 4 nitrogen and oxygen atoms in total. The maximum Gasteiger partial charge on any atom is 0.351 e. The van der Waals surface area contributed by atoms with E-state index in [0.29, 0.717) is 0 Å².